The molecule has 1 aromatic rings. The maximum absolute atomic E-state index is 12.4. The number of fused-ring (bicyclic) bond motifs is 2. The molecule has 3 N–H and O–H groups in total. The van der Waals surface area contributed by atoms with Gasteiger partial charge < -0.3 is 15.2 Å². The Labute approximate surface area is 133 Å². The summed E-state index contributed by atoms with van der Waals surface area (Å²) in [7, 11) is -3.80. The Kier molecular flexibility index (Phi) is 3.73. The summed E-state index contributed by atoms with van der Waals surface area (Å²) >= 11 is 0. The maximum Gasteiger partial charge on any atom is 0.238 e. The Bertz CT molecular complexity index is 785. The van der Waals surface area contributed by atoms with Crippen LogP contribution < -0.4 is 15.6 Å². The van der Waals surface area contributed by atoms with Crippen molar-refractivity contribution >= 4 is 27.6 Å². The van der Waals surface area contributed by atoms with Crippen LogP contribution in [0.2, 0.25) is 0 Å². The number of sulfonamides is 1. The van der Waals surface area contributed by atoms with E-state index in [1.54, 1.807) is 0 Å². The lowest BCUT2D eigenvalue weighted by Crippen LogP contribution is -2.42. The molecule has 0 heterocycles. The third kappa shape index (κ3) is 2.87. The quantitative estimate of drug-likeness (QED) is 0.714. The van der Waals surface area contributed by atoms with Crippen LogP contribution in [0.5, 0.6) is 0 Å². The molecule has 2 aliphatic carbocycles. The van der Waals surface area contributed by atoms with E-state index in [1.807, 2.05) is 12.2 Å². The van der Waals surface area contributed by atoms with Crippen LogP contribution >= 0.6 is 0 Å². The van der Waals surface area contributed by atoms with Crippen molar-refractivity contribution in [1.82, 2.24) is 0 Å². The Hall–Kier alpha value is -2.19. The van der Waals surface area contributed by atoms with Crippen LogP contribution in [0.4, 0.5) is 5.69 Å². The molecule has 0 radical (unpaired) electrons. The van der Waals surface area contributed by atoms with Crippen molar-refractivity contribution in [2.24, 2.45) is 28.8 Å². The van der Waals surface area contributed by atoms with Crippen molar-refractivity contribution in [3.05, 3.63) is 36.4 Å². The van der Waals surface area contributed by atoms with Crippen LogP contribution in [0.1, 0.15) is 6.42 Å². The van der Waals surface area contributed by atoms with Crippen LogP contribution in [0.25, 0.3) is 0 Å². The van der Waals surface area contributed by atoms with Gasteiger partial charge in [0.05, 0.1) is 10.8 Å². The Balaban J connectivity index is 1.77. The zero-order valence-electron chi connectivity index (χ0n) is 12.0. The monoisotopic (exact) mass is 335 g/mol. The number of hydrogen-bond acceptors (Lipinski definition) is 5. The second kappa shape index (κ2) is 5.47. The van der Waals surface area contributed by atoms with Gasteiger partial charge in [-0.15, -0.1) is 0 Å². The van der Waals surface area contributed by atoms with Crippen molar-refractivity contribution in [3.8, 4) is 0 Å². The van der Waals surface area contributed by atoms with Crippen molar-refractivity contribution in [2.75, 3.05) is 5.32 Å². The molecule has 0 saturated heterocycles. The highest BCUT2D eigenvalue weighted by molar-refractivity contribution is 7.89. The number of hydrogen-bond donors (Lipinski definition) is 2. The number of nitrogens with one attached hydrogen (secondary N) is 1. The van der Waals surface area contributed by atoms with E-state index < -0.39 is 33.7 Å². The first-order valence-electron chi connectivity index (χ1n) is 7.10. The first kappa shape index (κ1) is 15.7. The largest absolute Gasteiger partial charge is 0.550 e. The SMILES string of the molecule is NS(=O)(=O)c1ccc(NC(=O)[C@@H]2[C@@H](C(=O)[O-])[C@@H]3C=C[C@H]2C3)cc1. The fourth-order valence-electron chi connectivity index (χ4n) is 3.45. The molecule has 1 amide bonds. The number of benzene rings is 1. The first-order valence-corrected chi connectivity index (χ1v) is 8.65. The highest BCUT2D eigenvalue weighted by Crippen LogP contribution is 2.48. The van der Waals surface area contributed by atoms with Gasteiger partial charge in [-0.3, -0.25) is 4.79 Å². The summed E-state index contributed by atoms with van der Waals surface area (Å²) in [5, 5.41) is 18.9. The molecular formula is C15H15N2O5S-. The van der Waals surface area contributed by atoms with Crippen molar-refractivity contribution < 1.29 is 23.1 Å². The van der Waals surface area contributed by atoms with Gasteiger partial charge in [-0.1, -0.05) is 12.2 Å². The van der Waals surface area contributed by atoms with E-state index in [4.69, 9.17) is 5.14 Å². The van der Waals surface area contributed by atoms with Crippen LogP contribution in [0.3, 0.4) is 0 Å². The number of amides is 1. The summed E-state index contributed by atoms with van der Waals surface area (Å²) in [5.74, 6) is -3.38. The van der Waals surface area contributed by atoms with Gasteiger partial charge in [0.2, 0.25) is 15.9 Å². The van der Waals surface area contributed by atoms with E-state index in [9.17, 15) is 23.1 Å². The van der Waals surface area contributed by atoms with E-state index in [0.29, 0.717) is 12.1 Å². The summed E-state index contributed by atoms with van der Waals surface area (Å²) < 4.78 is 22.4. The summed E-state index contributed by atoms with van der Waals surface area (Å²) in [5.41, 5.74) is 0.381. The first-order chi connectivity index (χ1) is 10.8. The molecule has 2 bridgehead atoms. The third-order valence-electron chi connectivity index (χ3n) is 4.48. The minimum atomic E-state index is -3.80. The standard InChI is InChI=1S/C15H16N2O5S/c16-23(21,22)11-5-3-10(4-6-11)17-14(18)12-8-1-2-9(7-8)13(12)15(19)20/h1-6,8-9,12-13H,7H2,(H,17,18)(H,19,20)(H2,16,21,22)/p-1/t8-,9+,12-,13-/m0/s1. The van der Waals surface area contributed by atoms with Gasteiger partial charge in [0.1, 0.15) is 0 Å². The number of primary sulfonamides is 1. The number of carboxylic acid groups (broad SMARTS) is 1. The summed E-state index contributed by atoms with van der Waals surface area (Å²) in [6, 6.07) is 5.38. The Morgan fingerprint density at radius 3 is 2.17 bits per heavy atom. The van der Waals surface area contributed by atoms with Gasteiger partial charge in [-0.05, 0) is 42.5 Å². The molecule has 8 heteroatoms. The molecule has 0 unspecified atom stereocenters. The zero-order valence-corrected chi connectivity index (χ0v) is 12.8. The average Bonchev–Trinajstić information content (AvgIpc) is 3.07. The Morgan fingerprint density at radius 2 is 1.65 bits per heavy atom. The number of aliphatic carboxylic acids is 1. The fraction of sp³-hybridized carbons (Fsp3) is 0.333. The number of rotatable bonds is 4. The molecule has 1 fully saturated rings. The molecular weight excluding hydrogens is 320 g/mol. The fourth-order valence-corrected chi connectivity index (χ4v) is 3.97. The minimum absolute atomic E-state index is 0.0639. The number of nitrogens with two attached hydrogens (primary N) is 1. The molecule has 0 spiro atoms. The number of carbonyl (C=O) groups is 2. The van der Waals surface area contributed by atoms with Crippen molar-refractivity contribution in [1.29, 1.82) is 0 Å². The van der Waals surface area contributed by atoms with Gasteiger partial charge in [0.15, 0.2) is 0 Å². The second-order valence-electron chi connectivity index (χ2n) is 5.88. The van der Waals surface area contributed by atoms with Gasteiger partial charge in [0.25, 0.3) is 0 Å². The highest BCUT2D eigenvalue weighted by Gasteiger charge is 2.48. The van der Waals surface area contributed by atoms with E-state index in [1.165, 1.54) is 24.3 Å². The normalized spacial score (nSPS) is 28.7. The van der Waals surface area contributed by atoms with E-state index in [0.717, 1.165) is 0 Å². The number of allylic oxidation sites excluding steroid dienone is 2. The zero-order chi connectivity index (χ0) is 16.8. The lowest BCUT2D eigenvalue weighted by atomic mass is 9.82. The molecule has 7 nitrogen and oxygen atoms in total. The number of carboxylic acids is 1. The number of carbonyl (C=O) groups excluding carboxylic acids is 2. The van der Waals surface area contributed by atoms with Gasteiger partial charge in [0, 0.05) is 17.6 Å². The summed E-state index contributed by atoms with van der Waals surface area (Å²) in [4.78, 5) is 23.7. The van der Waals surface area contributed by atoms with Gasteiger partial charge in [-0.25, -0.2) is 13.6 Å². The molecule has 1 saturated carbocycles. The highest BCUT2D eigenvalue weighted by atomic mass is 32.2. The van der Waals surface area contributed by atoms with Gasteiger partial charge in [-0.2, -0.15) is 0 Å². The summed E-state index contributed by atoms with van der Waals surface area (Å²) in [6.07, 6.45) is 4.34. The predicted molar refractivity (Wildman–Crippen MR) is 79.2 cm³/mol. The number of anilines is 1. The molecule has 1 aromatic carbocycles. The molecule has 122 valence electrons. The molecule has 0 aliphatic heterocycles. The molecule has 23 heavy (non-hydrogen) atoms. The van der Waals surface area contributed by atoms with E-state index in [2.05, 4.69) is 5.32 Å². The van der Waals surface area contributed by atoms with Crippen molar-refractivity contribution in [3.63, 3.8) is 0 Å². The smallest absolute Gasteiger partial charge is 0.238 e. The third-order valence-corrected chi connectivity index (χ3v) is 5.41. The van der Waals surface area contributed by atoms with Crippen LogP contribution in [0.15, 0.2) is 41.3 Å². The maximum atomic E-state index is 12.4. The second-order valence-corrected chi connectivity index (χ2v) is 7.44. The van der Waals surface area contributed by atoms with Crippen LogP contribution in [-0.2, 0) is 19.6 Å². The lowest BCUT2D eigenvalue weighted by Gasteiger charge is -2.27. The van der Waals surface area contributed by atoms with Crippen LogP contribution in [0, 0.1) is 23.7 Å². The molecule has 0 aromatic heterocycles. The molecule has 3 rings (SSSR count). The van der Waals surface area contributed by atoms with E-state index >= 15 is 0 Å². The Morgan fingerprint density at radius 1 is 1.09 bits per heavy atom. The molecule has 4 atom stereocenters. The minimum Gasteiger partial charge on any atom is -0.550 e. The predicted octanol–water partition coefficient (Wildman–Crippen LogP) is -0.539. The molecule has 2 aliphatic rings. The van der Waals surface area contributed by atoms with Gasteiger partial charge >= 0.3 is 0 Å². The topological polar surface area (TPSA) is 129 Å². The van der Waals surface area contributed by atoms with E-state index in [-0.39, 0.29) is 16.7 Å². The van der Waals surface area contributed by atoms with Crippen molar-refractivity contribution in [2.45, 2.75) is 11.3 Å². The lowest BCUT2D eigenvalue weighted by molar-refractivity contribution is -0.313. The summed E-state index contributed by atoms with van der Waals surface area (Å²) in [6.45, 7) is 0. The average molecular weight is 335 g/mol. The van der Waals surface area contributed by atoms with Crippen LogP contribution in [-0.4, -0.2) is 20.3 Å².